The molecule has 3 aromatic heterocycles. The minimum atomic E-state index is -0.137. The molecular formula is C29H27N7OS. The predicted octanol–water partition coefficient (Wildman–Crippen LogP) is 5.68. The second kappa shape index (κ2) is 9.75. The predicted molar refractivity (Wildman–Crippen MR) is 150 cm³/mol. The second-order valence-corrected chi connectivity index (χ2v) is 9.77. The maximum absolute atomic E-state index is 6.06. The lowest BCUT2D eigenvalue weighted by atomic mass is 9.96. The molecule has 1 fully saturated rings. The van der Waals surface area contributed by atoms with Gasteiger partial charge in [0.15, 0.2) is 5.11 Å². The zero-order chi connectivity index (χ0) is 26.2. The average molecular weight is 522 g/mol. The third-order valence-corrected chi connectivity index (χ3v) is 7.17. The Morgan fingerprint density at radius 3 is 2.21 bits per heavy atom. The summed E-state index contributed by atoms with van der Waals surface area (Å²) >= 11 is 5.91. The van der Waals surface area contributed by atoms with Crippen molar-refractivity contribution in [3.8, 4) is 11.5 Å². The van der Waals surface area contributed by atoms with Crippen LogP contribution in [0.4, 0.5) is 5.69 Å². The van der Waals surface area contributed by atoms with Crippen molar-refractivity contribution in [3.05, 3.63) is 120 Å². The number of aryl methyl sites for hydroxylation is 2. The molecule has 0 bridgehead atoms. The van der Waals surface area contributed by atoms with Crippen LogP contribution in [0.2, 0.25) is 0 Å². The van der Waals surface area contributed by atoms with Crippen molar-refractivity contribution in [2.75, 3.05) is 4.90 Å². The monoisotopic (exact) mass is 521 g/mol. The zero-order valence-corrected chi connectivity index (χ0v) is 22.1. The molecule has 6 rings (SSSR count). The van der Waals surface area contributed by atoms with Crippen molar-refractivity contribution in [2.45, 2.75) is 32.9 Å². The zero-order valence-electron chi connectivity index (χ0n) is 21.3. The number of hydrogen-bond acceptors (Lipinski definition) is 5. The summed E-state index contributed by atoms with van der Waals surface area (Å²) in [4.78, 5) is 6.84. The Balaban J connectivity index is 1.39. The number of rotatable bonds is 6. The molecule has 0 saturated carbocycles. The van der Waals surface area contributed by atoms with Crippen LogP contribution in [0.25, 0.3) is 0 Å². The molecule has 38 heavy (non-hydrogen) atoms. The summed E-state index contributed by atoms with van der Waals surface area (Å²) in [6.07, 6.45) is 5.21. The van der Waals surface area contributed by atoms with Gasteiger partial charge in [0, 0.05) is 28.8 Å². The molecule has 4 heterocycles. The number of anilines is 1. The summed E-state index contributed by atoms with van der Waals surface area (Å²) in [5.74, 6) is 1.57. The van der Waals surface area contributed by atoms with E-state index in [0.29, 0.717) is 5.11 Å². The number of thiocarbonyl (C=S) groups is 1. The van der Waals surface area contributed by atoms with Gasteiger partial charge in [0.25, 0.3) is 0 Å². The Morgan fingerprint density at radius 2 is 1.55 bits per heavy atom. The van der Waals surface area contributed by atoms with Gasteiger partial charge in [-0.05, 0) is 87.6 Å². The highest BCUT2D eigenvalue weighted by atomic mass is 32.1. The van der Waals surface area contributed by atoms with E-state index in [-0.39, 0.29) is 12.1 Å². The Kier molecular flexibility index (Phi) is 6.13. The van der Waals surface area contributed by atoms with E-state index in [1.807, 2.05) is 77.6 Å². The quantitative estimate of drug-likeness (QED) is 0.288. The van der Waals surface area contributed by atoms with Gasteiger partial charge in [-0.2, -0.15) is 0 Å². The maximum atomic E-state index is 6.06. The lowest BCUT2D eigenvalue weighted by Crippen LogP contribution is -2.29. The molecule has 2 aromatic carbocycles. The third-order valence-electron chi connectivity index (χ3n) is 6.86. The van der Waals surface area contributed by atoms with Gasteiger partial charge in [0.1, 0.15) is 24.2 Å². The van der Waals surface area contributed by atoms with Crippen molar-refractivity contribution < 1.29 is 4.74 Å². The molecule has 0 amide bonds. The van der Waals surface area contributed by atoms with E-state index in [1.54, 1.807) is 12.7 Å². The van der Waals surface area contributed by atoms with Crippen LogP contribution in [-0.4, -0.2) is 29.6 Å². The first-order chi connectivity index (χ1) is 18.5. The first-order valence-electron chi connectivity index (χ1n) is 12.4. The summed E-state index contributed by atoms with van der Waals surface area (Å²) < 4.78 is 10.0. The maximum Gasteiger partial charge on any atom is 0.174 e. The summed E-state index contributed by atoms with van der Waals surface area (Å²) in [5, 5.41) is 12.2. The van der Waals surface area contributed by atoms with Crippen LogP contribution in [-0.2, 0) is 0 Å². The van der Waals surface area contributed by atoms with Crippen LogP contribution < -0.4 is 15.0 Å². The molecule has 0 aliphatic carbocycles. The smallest absolute Gasteiger partial charge is 0.174 e. The van der Waals surface area contributed by atoms with Gasteiger partial charge < -0.3 is 15.0 Å². The lowest BCUT2D eigenvalue weighted by Gasteiger charge is -2.28. The molecule has 9 heteroatoms. The summed E-state index contributed by atoms with van der Waals surface area (Å²) in [6.45, 7) is 6.24. The van der Waals surface area contributed by atoms with Gasteiger partial charge in [0.05, 0.1) is 17.8 Å². The lowest BCUT2D eigenvalue weighted by molar-refractivity contribution is 0.482. The SMILES string of the molecule is Cc1ccc(Oc2ccc(N3C(=S)N[C@@H](c4ccccn4)[C@@H]3c3cc(C)n(-n4cnnc4)c3C)cc2)cc1. The van der Waals surface area contributed by atoms with Crippen LogP contribution >= 0.6 is 12.2 Å². The number of benzene rings is 2. The van der Waals surface area contributed by atoms with E-state index < -0.39 is 0 Å². The molecule has 0 unspecified atom stereocenters. The molecule has 5 aromatic rings. The molecule has 0 radical (unpaired) electrons. The normalized spacial score (nSPS) is 17.0. The van der Waals surface area contributed by atoms with Crippen LogP contribution in [0.1, 0.15) is 40.3 Å². The van der Waals surface area contributed by atoms with Gasteiger partial charge in [-0.3, -0.25) is 9.66 Å². The first kappa shape index (κ1) is 23.9. The van der Waals surface area contributed by atoms with Gasteiger partial charge in [-0.25, -0.2) is 4.68 Å². The van der Waals surface area contributed by atoms with E-state index >= 15 is 0 Å². The van der Waals surface area contributed by atoms with Crippen LogP contribution in [0.5, 0.6) is 11.5 Å². The third kappa shape index (κ3) is 4.31. The van der Waals surface area contributed by atoms with Crippen LogP contribution in [0.3, 0.4) is 0 Å². The first-order valence-corrected chi connectivity index (χ1v) is 12.8. The van der Waals surface area contributed by atoms with Crippen LogP contribution in [0.15, 0.2) is 91.6 Å². The topological polar surface area (TPSA) is 73.0 Å². The summed E-state index contributed by atoms with van der Waals surface area (Å²) in [5.41, 5.74) is 6.37. The number of aromatic nitrogens is 5. The van der Waals surface area contributed by atoms with Crippen LogP contribution in [0, 0.1) is 20.8 Å². The van der Waals surface area contributed by atoms with Crippen molar-refractivity contribution >= 4 is 23.0 Å². The van der Waals surface area contributed by atoms with E-state index in [0.717, 1.165) is 39.8 Å². The fourth-order valence-electron chi connectivity index (χ4n) is 5.10. The molecular weight excluding hydrogens is 494 g/mol. The highest BCUT2D eigenvalue weighted by Crippen LogP contribution is 2.43. The molecule has 1 saturated heterocycles. The second-order valence-electron chi connectivity index (χ2n) is 9.39. The Labute approximate surface area is 226 Å². The fourth-order valence-corrected chi connectivity index (χ4v) is 5.44. The molecule has 190 valence electrons. The van der Waals surface area contributed by atoms with Crippen molar-refractivity contribution in [1.29, 1.82) is 0 Å². The van der Waals surface area contributed by atoms with Gasteiger partial charge >= 0.3 is 0 Å². The summed E-state index contributed by atoms with van der Waals surface area (Å²) in [7, 11) is 0. The molecule has 0 spiro atoms. The molecule has 8 nitrogen and oxygen atoms in total. The Morgan fingerprint density at radius 1 is 0.868 bits per heavy atom. The van der Waals surface area contributed by atoms with Crippen molar-refractivity contribution in [2.24, 2.45) is 0 Å². The highest BCUT2D eigenvalue weighted by molar-refractivity contribution is 7.80. The number of ether oxygens (including phenoxy) is 1. The minimum absolute atomic E-state index is 0.127. The highest BCUT2D eigenvalue weighted by Gasteiger charge is 2.42. The fraction of sp³-hybridized carbons (Fsp3) is 0.172. The number of nitrogens with one attached hydrogen (secondary N) is 1. The van der Waals surface area contributed by atoms with Crippen molar-refractivity contribution in [1.82, 2.24) is 29.9 Å². The summed E-state index contributed by atoms with van der Waals surface area (Å²) in [6, 6.07) is 24.0. The Bertz CT molecular complexity index is 1560. The number of pyridine rings is 1. The van der Waals surface area contributed by atoms with Crippen molar-refractivity contribution in [3.63, 3.8) is 0 Å². The average Bonchev–Trinajstić information content (AvgIpc) is 3.64. The largest absolute Gasteiger partial charge is 0.457 e. The van der Waals surface area contributed by atoms with E-state index in [9.17, 15) is 0 Å². The van der Waals surface area contributed by atoms with Gasteiger partial charge in [-0.15, -0.1) is 10.2 Å². The van der Waals surface area contributed by atoms with E-state index in [1.165, 1.54) is 5.56 Å². The van der Waals surface area contributed by atoms with E-state index in [2.05, 4.69) is 56.9 Å². The standard InChI is InChI=1S/C29H27N7OS/c1-19-7-11-23(12-8-19)37-24-13-9-22(10-14-24)35-28(27(33-29(35)38)26-6-4-5-15-30-26)25-16-20(2)36(21(25)3)34-17-31-32-18-34/h4-18,27-28H,1-3H3,(H,33,38)/t27-,28-/m0/s1. The molecule has 1 N–H and O–H groups in total. The number of hydrogen-bond donors (Lipinski definition) is 1. The minimum Gasteiger partial charge on any atom is -0.457 e. The van der Waals surface area contributed by atoms with E-state index in [4.69, 9.17) is 17.0 Å². The van der Waals surface area contributed by atoms with Gasteiger partial charge in [0.2, 0.25) is 0 Å². The van der Waals surface area contributed by atoms with Gasteiger partial charge in [-0.1, -0.05) is 23.8 Å². The molecule has 2 atom stereocenters. The Hall–Kier alpha value is -4.50. The molecule has 1 aliphatic heterocycles. The molecule has 1 aliphatic rings. The number of nitrogens with zero attached hydrogens (tertiary/aromatic N) is 6.